The van der Waals surface area contributed by atoms with Crippen molar-refractivity contribution in [3.8, 4) is 0 Å². The summed E-state index contributed by atoms with van der Waals surface area (Å²) in [5.74, 6) is -0.389. The summed E-state index contributed by atoms with van der Waals surface area (Å²) in [4.78, 5) is 0. The molecule has 0 saturated heterocycles. The van der Waals surface area contributed by atoms with Crippen LogP contribution >= 0.6 is 0 Å². The first-order chi connectivity index (χ1) is 4.13. The number of hydrogen-bond donors (Lipinski definition) is 2. The van der Waals surface area contributed by atoms with E-state index in [1.54, 1.807) is 13.0 Å². The van der Waals surface area contributed by atoms with Crippen LogP contribution in [-0.2, 0) is 0 Å². The molecule has 1 aliphatic carbocycles. The van der Waals surface area contributed by atoms with Crippen LogP contribution in [0.4, 0.5) is 0 Å². The van der Waals surface area contributed by atoms with Crippen molar-refractivity contribution >= 4 is 7.85 Å². The zero-order valence-corrected chi connectivity index (χ0v) is 5.28. The van der Waals surface area contributed by atoms with E-state index in [1.165, 1.54) is 0 Å². The molecule has 2 radical (unpaired) electrons. The Balaban J connectivity index is 2.70. The predicted molar refractivity (Wildman–Crippen MR) is 35.3 cm³/mol. The van der Waals surface area contributed by atoms with Gasteiger partial charge in [-0.25, -0.2) is 0 Å². The topological polar surface area (TPSA) is 40.5 Å². The summed E-state index contributed by atoms with van der Waals surface area (Å²) < 4.78 is 0. The second-order valence-corrected chi connectivity index (χ2v) is 2.42. The lowest BCUT2D eigenvalue weighted by atomic mass is 9.85. The second-order valence-electron chi connectivity index (χ2n) is 2.42. The van der Waals surface area contributed by atoms with Crippen LogP contribution in [0.2, 0.25) is 5.82 Å². The third-order valence-corrected chi connectivity index (χ3v) is 1.64. The molecule has 0 aromatic rings. The van der Waals surface area contributed by atoms with Gasteiger partial charge in [0.15, 0.2) is 0 Å². The molecule has 0 amide bonds. The molecule has 0 aromatic carbocycles. The maximum absolute atomic E-state index is 9.04. The summed E-state index contributed by atoms with van der Waals surface area (Å²) in [5, 5.41) is 18.0. The number of aliphatic hydroxyl groups is 2. The van der Waals surface area contributed by atoms with Crippen LogP contribution in [0.15, 0.2) is 11.6 Å². The average Bonchev–Trinajstić information content (AvgIpc) is 1.98. The first kappa shape index (κ1) is 6.84. The highest BCUT2D eigenvalue weighted by Crippen LogP contribution is 2.26. The van der Waals surface area contributed by atoms with Crippen LogP contribution < -0.4 is 0 Å². The molecular weight excluding hydrogens is 115 g/mol. The van der Waals surface area contributed by atoms with Gasteiger partial charge in [-0.3, -0.25) is 0 Å². The van der Waals surface area contributed by atoms with Crippen LogP contribution in [0.25, 0.3) is 0 Å². The molecule has 0 spiro atoms. The highest BCUT2D eigenvalue weighted by Gasteiger charge is 2.28. The molecule has 3 atom stereocenters. The van der Waals surface area contributed by atoms with Gasteiger partial charge < -0.3 is 10.2 Å². The Morgan fingerprint density at radius 2 is 2.11 bits per heavy atom. The van der Waals surface area contributed by atoms with E-state index in [0.29, 0.717) is 0 Å². The lowest BCUT2D eigenvalue weighted by molar-refractivity contribution is 0.0560. The van der Waals surface area contributed by atoms with E-state index >= 15 is 0 Å². The van der Waals surface area contributed by atoms with Gasteiger partial charge in [-0.05, 0) is 18.3 Å². The van der Waals surface area contributed by atoms with Gasteiger partial charge in [0.1, 0.15) is 6.10 Å². The Morgan fingerprint density at radius 3 is 2.22 bits per heavy atom. The van der Waals surface area contributed by atoms with Crippen molar-refractivity contribution < 1.29 is 10.2 Å². The van der Waals surface area contributed by atoms with E-state index in [0.717, 1.165) is 5.57 Å². The summed E-state index contributed by atoms with van der Waals surface area (Å²) >= 11 is 0. The molecule has 3 heteroatoms. The molecule has 2 N–H and O–H groups in total. The molecule has 9 heavy (non-hydrogen) atoms. The zero-order valence-electron chi connectivity index (χ0n) is 5.28. The van der Waals surface area contributed by atoms with Crippen molar-refractivity contribution in [3.05, 3.63) is 11.6 Å². The number of rotatable bonds is 0. The fraction of sp³-hybridized carbons (Fsp3) is 0.667. The Bertz CT molecular complexity index is 144. The largest absolute Gasteiger partial charge is 0.390 e. The summed E-state index contributed by atoms with van der Waals surface area (Å²) in [6.07, 6.45) is 0.125. The first-order valence-corrected chi connectivity index (χ1v) is 2.93. The third kappa shape index (κ3) is 1.02. The third-order valence-electron chi connectivity index (χ3n) is 1.64. The van der Waals surface area contributed by atoms with Crippen molar-refractivity contribution in [3.63, 3.8) is 0 Å². The van der Waals surface area contributed by atoms with Crippen molar-refractivity contribution in [2.24, 2.45) is 0 Å². The molecule has 0 aromatic heterocycles. The first-order valence-electron chi connectivity index (χ1n) is 2.93. The van der Waals surface area contributed by atoms with Gasteiger partial charge in [-0.1, -0.05) is 6.08 Å². The maximum Gasteiger partial charge on any atom is 0.100 e. The minimum Gasteiger partial charge on any atom is -0.390 e. The van der Waals surface area contributed by atoms with Gasteiger partial charge in [0.25, 0.3) is 0 Å². The van der Waals surface area contributed by atoms with E-state index in [1.807, 2.05) is 0 Å². The van der Waals surface area contributed by atoms with E-state index in [9.17, 15) is 0 Å². The summed E-state index contributed by atoms with van der Waals surface area (Å²) in [5.41, 5.74) is 0.759. The molecule has 0 heterocycles. The van der Waals surface area contributed by atoms with Gasteiger partial charge in [-0.2, -0.15) is 0 Å². The Morgan fingerprint density at radius 1 is 1.56 bits per heavy atom. The summed E-state index contributed by atoms with van der Waals surface area (Å²) in [6, 6.07) is 0. The SMILES string of the molecule is [B]C1C=C(C)C(O)C1O. The summed E-state index contributed by atoms with van der Waals surface area (Å²) in [7, 11) is 5.37. The second kappa shape index (κ2) is 2.16. The Hall–Kier alpha value is -0.275. The Labute approximate surface area is 55.6 Å². The van der Waals surface area contributed by atoms with Crippen LogP contribution in [0, 0.1) is 0 Å². The van der Waals surface area contributed by atoms with Gasteiger partial charge in [0.2, 0.25) is 0 Å². The quantitative estimate of drug-likeness (QED) is 0.341. The highest BCUT2D eigenvalue weighted by atomic mass is 16.3. The maximum atomic E-state index is 9.04. The highest BCUT2D eigenvalue weighted by molar-refractivity contribution is 6.13. The Kier molecular flexibility index (Phi) is 1.64. The van der Waals surface area contributed by atoms with Gasteiger partial charge in [0, 0.05) is 0 Å². The molecule has 1 rings (SSSR count). The lowest BCUT2D eigenvalue weighted by Crippen LogP contribution is -2.24. The number of hydrogen-bond acceptors (Lipinski definition) is 2. The molecule has 48 valence electrons. The van der Waals surface area contributed by atoms with Gasteiger partial charge >= 0.3 is 0 Å². The van der Waals surface area contributed by atoms with E-state index in [2.05, 4.69) is 0 Å². The van der Waals surface area contributed by atoms with E-state index < -0.39 is 12.2 Å². The fourth-order valence-electron chi connectivity index (χ4n) is 0.981. The van der Waals surface area contributed by atoms with Gasteiger partial charge in [0.05, 0.1) is 14.0 Å². The van der Waals surface area contributed by atoms with Crippen LogP contribution in [0.1, 0.15) is 6.92 Å². The molecular formula is C6H9BO2. The van der Waals surface area contributed by atoms with Crippen molar-refractivity contribution in [1.29, 1.82) is 0 Å². The van der Waals surface area contributed by atoms with Crippen LogP contribution in [0.3, 0.4) is 0 Å². The molecule has 0 aliphatic heterocycles. The van der Waals surface area contributed by atoms with Crippen LogP contribution in [-0.4, -0.2) is 30.3 Å². The lowest BCUT2D eigenvalue weighted by Gasteiger charge is -2.12. The van der Waals surface area contributed by atoms with E-state index in [4.69, 9.17) is 18.1 Å². The minimum absolute atomic E-state index is 0.389. The molecule has 0 saturated carbocycles. The fourth-order valence-corrected chi connectivity index (χ4v) is 0.981. The average molecular weight is 124 g/mol. The van der Waals surface area contributed by atoms with Crippen molar-refractivity contribution in [1.82, 2.24) is 0 Å². The van der Waals surface area contributed by atoms with Crippen molar-refractivity contribution in [2.75, 3.05) is 0 Å². The van der Waals surface area contributed by atoms with Crippen molar-refractivity contribution in [2.45, 2.75) is 24.9 Å². The van der Waals surface area contributed by atoms with Gasteiger partial charge in [-0.15, -0.1) is 0 Å². The van der Waals surface area contributed by atoms with E-state index in [-0.39, 0.29) is 5.82 Å². The zero-order chi connectivity index (χ0) is 7.02. The monoisotopic (exact) mass is 124 g/mol. The standard InChI is InChI=1S/C6H9BO2/c1-3-2-4(7)6(9)5(3)8/h2,4-6,8-9H,1H3. The smallest absolute Gasteiger partial charge is 0.100 e. The molecule has 0 bridgehead atoms. The molecule has 3 unspecified atom stereocenters. The predicted octanol–water partition coefficient (Wildman–Crippen LogP) is -0.375. The summed E-state index contributed by atoms with van der Waals surface area (Å²) in [6.45, 7) is 1.75. The molecule has 0 fully saturated rings. The normalized spacial score (nSPS) is 43.0. The minimum atomic E-state index is -0.801. The molecule has 2 nitrogen and oxygen atoms in total. The van der Waals surface area contributed by atoms with Crippen LogP contribution in [0.5, 0.6) is 0 Å². The number of aliphatic hydroxyl groups excluding tert-OH is 2. The molecule has 1 aliphatic rings.